The van der Waals surface area contributed by atoms with Crippen molar-refractivity contribution in [2.75, 3.05) is 38.1 Å². The quantitative estimate of drug-likeness (QED) is 0.723. The minimum atomic E-state index is 0.960. The van der Waals surface area contributed by atoms with E-state index in [9.17, 15) is 0 Å². The molecule has 1 fully saturated rings. The van der Waals surface area contributed by atoms with Crippen molar-refractivity contribution >= 4 is 5.69 Å². The maximum Gasteiger partial charge on any atom is 0.162 e. The highest BCUT2D eigenvalue weighted by atomic mass is 15.3. The molecule has 17 heavy (non-hydrogen) atoms. The van der Waals surface area contributed by atoms with Crippen LogP contribution in [-0.4, -0.2) is 52.7 Å². The third kappa shape index (κ3) is 1.76. The molecule has 0 aromatic carbocycles. The molecule has 3 heterocycles. The Hall–Kier alpha value is -1.62. The number of hydrogen-bond acceptors (Lipinski definition) is 4. The van der Waals surface area contributed by atoms with Crippen LogP contribution in [0.1, 0.15) is 0 Å². The van der Waals surface area contributed by atoms with E-state index in [4.69, 9.17) is 0 Å². The maximum atomic E-state index is 4.39. The Morgan fingerprint density at radius 2 is 1.82 bits per heavy atom. The minimum Gasteiger partial charge on any atom is -0.367 e. The fourth-order valence-electron chi connectivity index (χ4n) is 2.33. The van der Waals surface area contributed by atoms with E-state index in [1.165, 1.54) is 5.69 Å². The molecule has 0 saturated carbocycles. The topological polar surface area (TPSA) is 37.2 Å². The molecule has 3 aliphatic rings. The Bertz CT molecular complexity index is 484. The summed E-state index contributed by atoms with van der Waals surface area (Å²) in [4.78, 5) is 13.4. The first-order valence-corrected chi connectivity index (χ1v) is 5.95. The number of anilines is 1. The zero-order valence-electron chi connectivity index (χ0n) is 10.3. The summed E-state index contributed by atoms with van der Waals surface area (Å²) in [6.45, 7) is 4.34. The van der Waals surface area contributed by atoms with Gasteiger partial charge in [0.05, 0.1) is 5.69 Å². The number of aryl methyl sites for hydroxylation is 1. The van der Waals surface area contributed by atoms with Crippen LogP contribution in [0.2, 0.25) is 0 Å². The standard InChI is InChI=1S/C12H17N5/c1-15-5-7-17(8-6-15)10-3-4-16(2)12-11(10)13-9-14-12/h3-4,9H,5-8H2,1-2H3. The van der Waals surface area contributed by atoms with E-state index in [0.717, 1.165) is 37.7 Å². The highest BCUT2D eigenvalue weighted by Crippen LogP contribution is 2.29. The first-order valence-electron chi connectivity index (χ1n) is 5.95. The van der Waals surface area contributed by atoms with Crippen molar-refractivity contribution < 1.29 is 0 Å². The number of fused-ring (bicyclic) bond motifs is 1. The lowest BCUT2D eigenvalue weighted by Gasteiger charge is -2.34. The normalized spacial score (nSPS) is 17.9. The zero-order chi connectivity index (χ0) is 11.8. The van der Waals surface area contributed by atoms with Crippen molar-refractivity contribution in [1.82, 2.24) is 19.4 Å². The maximum absolute atomic E-state index is 4.39. The Labute approximate surface area is 101 Å². The molecule has 5 nitrogen and oxygen atoms in total. The van der Waals surface area contributed by atoms with Crippen LogP contribution < -0.4 is 4.90 Å². The van der Waals surface area contributed by atoms with Gasteiger partial charge in [-0.2, -0.15) is 0 Å². The highest BCUT2D eigenvalue weighted by Gasteiger charge is 2.21. The van der Waals surface area contributed by atoms with Gasteiger partial charge >= 0.3 is 0 Å². The number of imidazole rings is 1. The average Bonchev–Trinajstić information content (AvgIpc) is 2.81. The number of hydrogen-bond donors (Lipinski definition) is 0. The van der Waals surface area contributed by atoms with E-state index in [1.807, 2.05) is 11.6 Å². The lowest BCUT2D eigenvalue weighted by Crippen LogP contribution is -2.44. The second-order valence-corrected chi connectivity index (χ2v) is 4.65. The molecule has 0 atom stereocenters. The Kier molecular flexibility index (Phi) is 2.48. The monoisotopic (exact) mass is 231 g/mol. The molecule has 90 valence electrons. The second kappa shape index (κ2) is 4.00. The predicted molar refractivity (Wildman–Crippen MR) is 67.3 cm³/mol. The smallest absolute Gasteiger partial charge is 0.162 e. The van der Waals surface area contributed by atoms with Crippen molar-refractivity contribution in [2.24, 2.45) is 7.05 Å². The van der Waals surface area contributed by atoms with Crippen LogP contribution in [0, 0.1) is 0 Å². The molecule has 3 aliphatic heterocycles. The molecule has 0 radical (unpaired) electrons. The number of rotatable bonds is 1. The van der Waals surface area contributed by atoms with Gasteiger partial charge in [-0.1, -0.05) is 0 Å². The summed E-state index contributed by atoms with van der Waals surface area (Å²) in [6, 6.07) is 2.14. The Morgan fingerprint density at radius 1 is 1.06 bits per heavy atom. The Morgan fingerprint density at radius 3 is 2.59 bits per heavy atom. The van der Waals surface area contributed by atoms with E-state index in [0.29, 0.717) is 0 Å². The largest absolute Gasteiger partial charge is 0.367 e. The summed E-state index contributed by atoms with van der Waals surface area (Å²) in [5, 5.41) is 0. The van der Waals surface area contributed by atoms with E-state index in [2.05, 4.69) is 39.1 Å². The van der Waals surface area contributed by atoms with E-state index >= 15 is 0 Å². The molecular formula is C12H17N5. The van der Waals surface area contributed by atoms with Crippen LogP contribution in [0.4, 0.5) is 5.69 Å². The number of nitrogens with zero attached hydrogens (tertiary/aromatic N) is 5. The molecule has 3 rings (SSSR count). The van der Waals surface area contributed by atoms with Crippen molar-refractivity contribution in [1.29, 1.82) is 0 Å². The first-order chi connectivity index (χ1) is 8.25. The van der Waals surface area contributed by atoms with E-state index in [1.54, 1.807) is 6.33 Å². The van der Waals surface area contributed by atoms with Crippen LogP contribution in [-0.2, 0) is 7.05 Å². The number of likely N-dealkylation sites (N-methyl/N-ethyl adjacent to an activating group) is 1. The van der Waals surface area contributed by atoms with Crippen molar-refractivity contribution in [3.63, 3.8) is 0 Å². The van der Waals surface area contributed by atoms with E-state index < -0.39 is 0 Å². The van der Waals surface area contributed by atoms with Gasteiger partial charge < -0.3 is 14.4 Å². The molecule has 1 saturated heterocycles. The summed E-state index contributed by atoms with van der Waals surface area (Å²) >= 11 is 0. The van der Waals surface area contributed by atoms with Crippen LogP contribution >= 0.6 is 0 Å². The van der Waals surface area contributed by atoms with Gasteiger partial charge in [-0.05, 0) is 13.1 Å². The zero-order valence-corrected chi connectivity index (χ0v) is 10.3. The van der Waals surface area contributed by atoms with Gasteiger partial charge in [0.25, 0.3) is 0 Å². The summed E-state index contributed by atoms with van der Waals surface area (Å²) in [5.74, 6) is 0.960. The summed E-state index contributed by atoms with van der Waals surface area (Å²) in [6.07, 6.45) is 3.70. The molecule has 0 spiro atoms. The van der Waals surface area contributed by atoms with Crippen LogP contribution in [0.15, 0.2) is 18.6 Å². The average molecular weight is 231 g/mol. The number of piperazine rings is 1. The van der Waals surface area contributed by atoms with Gasteiger partial charge in [0.1, 0.15) is 12.0 Å². The third-order valence-corrected chi connectivity index (χ3v) is 3.46. The molecule has 0 aromatic rings. The van der Waals surface area contributed by atoms with Gasteiger partial charge in [0.15, 0.2) is 5.82 Å². The molecule has 0 aliphatic carbocycles. The molecule has 0 N–H and O–H groups in total. The minimum absolute atomic E-state index is 0.960. The van der Waals surface area contributed by atoms with E-state index in [-0.39, 0.29) is 0 Å². The van der Waals surface area contributed by atoms with Crippen LogP contribution in [0.3, 0.4) is 0 Å². The van der Waals surface area contributed by atoms with Gasteiger partial charge in [0, 0.05) is 39.4 Å². The molecule has 0 bridgehead atoms. The summed E-state index contributed by atoms with van der Waals surface area (Å²) < 4.78 is 2.02. The fraction of sp³-hybridized carbons (Fsp3) is 0.500. The third-order valence-electron chi connectivity index (χ3n) is 3.46. The lowest BCUT2D eigenvalue weighted by atomic mass is 10.2. The van der Waals surface area contributed by atoms with Gasteiger partial charge in [-0.25, -0.2) is 9.97 Å². The fourth-order valence-corrected chi connectivity index (χ4v) is 2.33. The second-order valence-electron chi connectivity index (χ2n) is 4.65. The van der Waals surface area contributed by atoms with Gasteiger partial charge in [-0.15, -0.1) is 0 Å². The molecule has 0 unspecified atom stereocenters. The van der Waals surface area contributed by atoms with Crippen LogP contribution in [0.5, 0.6) is 0 Å². The molecular weight excluding hydrogens is 214 g/mol. The van der Waals surface area contributed by atoms with Gasteiger partial charge in [-0.3, -0.25) is 0 Å². The molecule has 0 amide bonds. The SMILES string of the molecule is CN1CCN(c2ccn(C)c3ncnc2-3)CC1. The van der Waals surface area contributed by atoms with Crippen molar-refractivity contribution in [2.45, 2.75) is 0 Å². The highest BCUT2D eigenvalue weighted by molar-refractivity contribution is 5.72. The molecule has 5 heteroatoms. The Balaban J connectivity index is 1.96. The van der Waals surface area contributed by atoms with Crippen LogP contribution in [0.25, 0.3) is 11.5 Å². The van der Waals surface area contributed by atoms with Crippen molar-refractivity contribution in [3.05, 3.63) is 18.6 Å². The first kappa shape index (κ1) is 10.5. The number of aromatic nitrogens is 3. The number of pyridine rings is 1. The van der Waals surface area contributed by atoms with Crippen molar-refractivity contribution in [3.8, 4) is 11.5 Å². The van der Waals surface area contributed by atoms with Gasteiger partial charge in [0.2, 0.25) is 0 Å². The lowest BCUT2D eigenvalue weighted by molar-refractivity contribution is 0.313. The summed E-state index contributed by atoms with van der Waals surface area (Å²) in [5.41, 5.74) is 2.23. The summed E-state index contributed by atoms with van der Waals surface area (Å²) in [7, 11) is 4.17. The molecule has 0 aromatic heterocycles. The predicted octanol–water partition coefficient (Wildman–Crippen LogP) is 0.672.